The van der Waals surface area contributed by atoms with Crippen molar-refractivity contribution in [1.29, 1.82) is 0 Å². The fourth-order valence-corrected chi connectivity index (χ4v) is 2.10. The Kier molecular flexibility index (Phi) is 4.56. The molecule has 8 nitrogen and oxygen atoms in total. The van der Waals surface area contributed by atoms with Crippen molar-refractivity contribution in [2.45, 2.75) is 6.92 Å². The molecule has 2 aromatic rings. The number of carbonyl (C=O) groups excluding carboxylic acids is 1. The molecule has 0 saturated heterocycles. The second-order valence-electron chi connectivity index (χ2n) is 4.63. The fourth-order valence-electron chi connectivity index (χ4n) is 1.93. The monoisotopic (exact) mass is 335 g/mol. The molecule has 0 unspecified atom stereocenters. The highest BCUT2D eigenvalue weighted by Gasteiger charge is 2.21. The first kappa shape index (κ1) is 16.4. The largest absolute Gasteiger partial charge is 0.322 e. The van der Waals surface area contributed by atoms with E-state index in [1.807, 2.05) is 0 Å². The van der Waals surface area contributed by atoms with E-state index >= 15 is 0 Å². The second kappa shape index (κ2) is 6.41. The maximum absolute atomic E-state index is 12.2. The van der Waals surface area contributed by atoms with E-state index in [0.717, 1.165) is 12.1 Å². The molecule has 0 aliphatic rings. The zero-order valence-corrected chi connectivity index (χ0v) is 12.5. The van der Waals surface area contributed by atoms with Gasteiger partial charge in [-0.25, -0.2) is 0 Å². The van der Waals surface area contributed by atoms with Crippen molar-refractivity contribution in [1.82, 2.24) is 0 Å². The van der Waals surface area contributed by atoms with Crippen LogP contribution in [0.5, 0.6) is 0 Å². The van der Waals surface area contributed by atoms with Crippen LogP contribution in [0.15, 0.2) is 36.4 Å². The van der Waals surface area contributed by atoms with Crippen LogP contribution >= 0.6 is 11.6 Å². The van der Waals surface area contributed by atoms with E-state index in [9.17, 15) is 25.0 Å². The highest BCUT2D eigenvalue weighted by atomic mass is 35.5. The molecule has 2 rings (SSSR count). The predicted octanol–water partition coefficient (Wildman–Crippen LogP) is 3.72. The number of nitrogens with zero attached hydrogens (tertiary/aromatic N) is 2. The number of aryl methyl sites for hydroxylation is 1. The van der Waals surface area contributed by atoms with Crippen LogP contribution in [0.25, 0.3) is 0 Å². The van der Waals surface area contributed by atoms with Crippen LogP contribution in [0.4, 0.5) is 17.1 Å². The first-order chi connectivity index (χ1) is 10.8. The maximum atomic E-state index is 12.2. The van der Waals surface area contributed by atoms with Crippen LogP contribution in [-0.4, -0.2) is 15.8 Å². The summed E-state index contributed by atoms with van der Waals surface area (Å²) in [5, 5.41) is 24.4. The van der Waals surface area contributed by atoms with Crippen molar-refractivity contribution < 1.29 is 14.6 Å². The number of carbonyl (C=O) groups is 1. The van der Waals surface area contributed by atoms with Gasteiger partial charge in [0.15, 0.2) is 0 Å². The molecule has 1 N–H and O–H groups in total. The summed E-state index contributed by atoms with van der Waals surface area (Å²) in [6.45, 7) is 1.56. The molecular weight excluding hydrogens is 326 g/mol. The van der Waals surface area contributed by atoms with Crippen molar-refractivity contribution >= 4 is 34.6 Å². The molecule has 0 bridgehead atoms. The minimum Gasteiger partial charge on any atom is -0.322 e. The van der Waals surface area contributed by atoms with E-state index in [1.54, 1.807) is 6.92 Å². The van der Waals surface area contributed by atoms with Crippen molar-refractivity contribution in [2.24, 2.45) is 0 Å². The summed E-state index contributed by atoms with van der Waals surface area (Å²) >= 11 is 5.76. The zero-order chi connectivity index (χ0) is 17.1. The molecular formula is C14H10ClN3O5. The first-order valence-electron chi connectivity index (χ1n) is 6.30. The second-order valence-corrected chi connectivity index (χ2v) is 5.07. The summed E-state index contributed by atoms with van der Waals surface area (Å²) in [5.41, 5.74) is -0.217. The third kappa shape index (κ3) is 3.61. The summed E-state index contributed by atoms with van der Waals surface area (Å²) in [4.78, 5) is 32.8. The average Bonchev–Trinajstić information content (AvgIpc) is 2.48. The number of amides is 1. The summed E-state index contributed by atoms with van der Waals surface area (Å²) < 4.78 is 0. The fraction of sp³-hybridized carbons (Fsp3) is 0.0714. The van der Waals surface area contributed by atoms with Gasteiger partial charge in [0.25, 0.3) is 17.3 Å². The molecule has 23 heavy (non-hydrogen) atoms. The van der Waals surface area contributed by atoms with Gasteiger partial charge >= 0.3 is 0 Å². The predicted molar refractivity (Wildman–Crippen MR) is 83.9 cm³/mol. The lowest BCUT2D eigenvalue weighted by Gasteiger charge is -2.07. The van der Waals surface area contributed by atoms with Gasteiger partial charge in [0.2, 0.25) is 0 Å². The Labute approximate surface area is 135 Å². The molecule has 0 aliphatic heterocycles. The van der Waals surface area contributed by atoms with Gasteiger partial charge in [-0.2, -0.15) is 0 Å². The summed E-state index contributed by atoms with van der Waals surface area (Å²) in [7, 11) is 0. The molecule has 0 fully saturated rings. The van der Waals surface area contributed by atoms with Gasteiger partial charge in [-0.05, 0) is 25.1 Å². The SMILES string of the molecule is Cc1ccc(NC(=O)c2cc(Cl)ccc2[N+](=O)[O-])cc1[N+](=O)[O-]. The Morgan fingerprint density at radius 1 is 1.04 bits per heavy atom. The molecule has 0 atom stereocenters. The number of hydrogen-bond acceptors (Lipinski definition) is 5. The Bertz CT molecular complexity index is 822. The highest BCUT2D eigenvalue weighted by molar-refractivity contribution is 6.31. The summed E-state index contributed by atoms with van der Waals surface area (Å²) in [5.74, 6) is -0.780. The lowest BCUT2D eigenvalue weighted by molar-refractivity contribution is -0.385. The van der Waals surface area contributed by atoms with Gasteiger partial charge in [0.05, 0.1) is 9.85 Å². The standard InChI is InChI=1S/C14H10ClN3O5/c1-8-2-4-10(7-13(8)18(22)23)16-14(19)11-6-9(15)3-5-12(11)17(20)21/h2-7H,1H3,(H,16,19). The summed E-state index contributed by atoms with van der Waals surface area (Å²) in [6, 6.07) is 7.71. The minimum atomic E-state index is -0.780. The van der Waals surface area contributed by atoms with Crippen LogP contribution in [0.1, 0.15) is 15.9 Å². The van der Waals surface area contributed by atoms with E-state index in [2.05, 4.69) is 5.32 Å². The first-order valence-corrected chi connectivity index (χ1v) is 6.67. The Morgan fingerprint density at radius 3 is 2.30 bits per heavy atom. The highest BCUT2D eigenvalue weighted by Crippen LogP contribution is 2.26. The quantitative estimate of drug-likeness (QED) is 0.675. The molecule has 0 heterocycles. The van der Waals surface area contributed by atoms with E-state index in [0.29, 0.717) is 5.56 Å². The van der Waals surface area contributed by atoms with Gasteiger partial charge in [-0.15, -0.1) is 0 Å². The number of halogens is 1. The lowest BCUT2D eigenvalue weighted by Crippen LogP contribution is -2.14. The van der Waals surface area contributed by atoms with Crippen LogP contribution in [-0.2, 0) is 0 Å². The smallest absolute Gasteiger partial charge is 0.282 e. The number of hydrogen-bond donors (Lipinski definition) is 1. The van der Waals surface area contributed by atoms with Crippen molar-refractivity contribution in [3.63, 3.8) is 0 Å². The zero-order valence-electron chi connectivity index (χ0n) is 11.8. The van der Waals surface area contributed by atoms with E-state index < -0.39 is 21.4 Å². The van der Waals surface area contributed by atoms with Gasteiger partial charge in [-0.3, -0.25) is 25.0 Å². The lowest BCUT2D eigenvalue weighted by atomic mass is 10.1. The molecule has 0 aromatic heterocycles. The maximum Gasteiger partial charge on any atom is 0.282 e. The van der Waals surface area contributed by atoms with Crippen LogP contribution in [0.2, 0.25) is 5.02 Å². The molecule has 0 spiro atoms. The molecule has 0 aliphatic carbocycles. The Morgan fingerprint density at radius 2 is 1.70 bits per heavy atom. The van der Waals surface area contributed by atoms with Crippen LogP contribution in [0, 0.1) is 27.2 Å². The third-order valence-electron chi connectivity index (χ3n) is 3.06. The van der Waals surface area contributed by atoms with Crippen LogP contribution in [0.3, 0.4) is 0 Å². The number of nitro benzene ring substituents is 2. The van der Waals surface area contributed by atoms with Gasteiger partial charge in [-0.1, -0.05) is 17.7 Å². The molecule has 9 heteroatoms. The van der Waals surface area contributed by atoms with Crippen molar-refractivity contribution in [3.05, 3.63) is 72.8 Å². The molecule has 1 amide bonds. The summed E-state index contributed by atoms with van der Waals surface area (Å²) in [6.07, 6.45) is 0. The number of anilines is 1. The van der Waals surface area contributed by atoms with Gasteiger partial charge in [0, 0.05) is 28.4 Å². The number of benzene rings is 2. The minimum absolute atomic E-state index is 0.154. The topological polar surface area (TPSA) is 115 Å². The number of rotatable bonds is 4. The Balaban J connectivity index is 2.37. The number of nitrogens with one attached hydrogen (secondary N) is 1. The van der Waals surface area contributed by atoms with E-state index in [4.69, 9.17) is 11.6 Å². The van der Waals surface area contributed by atoms with Crippen molar-refractivity contribution in [3.8, 4) is 0 Å². The normalized spacial score (nSPS) is 10.2. The molecule has 118 valence electrons. The molecule has 0 saturated carbocycles. The van der Waals surface area contributed by atoms with Crippen molar-refractivity contribution in [2.75, 3.05) is 5.32 Å². The molecule has 2 aromatic carbocycles. The van der Waals surface area contributed by atoms with Gasteiger partial charge in [0.1, 0.15) is 5.56 Å². The average molecular weight is 336 g/mol. The van der Waals surface area contributed by atoms with Crippen LogP contribution < -0.4 is 5.32 Å². The third-order valence-corrected chi connectivity index (χ3v) is 3.30. The van der Waals surface area contributed by atoms with E-state index in [-0.39, 0.29) is 22.0 Å². The van der Waals surface area contributed by atoms with E-state index in [1.165, 1.54) is 24.3 Å². The van der Waals surface area contributed by atoms with Gasteiger partial charge < -0.3 is 5.32 Å². The molecule has 0 radical (unpaired) electrons. The Hall–Kier alpha value is -3.00. The number of nitro groups is 2.